The van der Waals surface area contributed by atoms with Crippen molar-refractivity contribution < 1.29 is 27.4 Å². The maximum absolute atomic E-state index is 14.1. The SMILES string of the molecule is CC1CN(C2CCC(COc3ccc(S(C)(=O)=O)cc3F)CC2)CCN1C(=O)O. The number of nitrogens with zero attached hydrogens (tertiary/aromatic N) is 2. The second-order valence-electron chi connectivity index (χ2n) is 8.17. The summed E-state index contributed by atoms with van der Waals surface area (Å²) in [6, 6.07) is 4.19. The van der Waals surface area contributed by atoms with Crippen molar-refractivity contribution in [2.75, 3.05) is 32.5 Å². The Kier molecular flexibility index (Phi) is 6.68. The molecule has 162 valence electrons. The van der Waals surface area contributed by atoms with E-state index in [0.717, 1.165) is 51.1 Å². The van der Waals surface area contributed by atoms with E-state index < -0.39 is 21.7 Å². The average Bonchev–Trinajstić information content (AvgIpc) is 2.66. The molecule has 29 heavy (non-hydrogen) atoms. The Morgan fingerprint density at radius 2 is 1.93 bits per heavy atom. The highest BCUT2D eigenvalue weighted by Gasteiger charge is 2.33. The molecule has 2 fully saturated rings. The van der Waals surface area contributed by atoms with E-state index in [1.165, 1.54) is 17.0 Å². The van der Waals surface area contributed by atoms with Crippen molar-refractivity contribution in [3.8, 4) is 5.75 Å². The molecule has 1 saturated heterocycles. The molecule has 0 bridgehead atoms. The van der Waals surface area contributed by atoms with E-state index in [-0.39, 0.29) is 16.7 Å². The molecular weight excluding hydrogens is 399 g/mol. The molecule has 1 heterocycles. The van der Waals surface area contributed by atoms with Gasteiger partial charge in [-0.25, -0.2) is 17.6 Å². The number of ether oxygens (including phenoxy) is 1. The molecular formula is C20H29FN2O5S. The van der Waals surface area contributed by atoms with Crippen LogP contribution in [0.1, 0.15) is 32.6 Å². The van der Waals surface area contributed by atoms with Gasteiger partial charge in [0.1, 0.15) is 0 Å². The Labute approximate surface area is 171 Å². The fourth-order valence-corrected chi connectivity index (χ4v) is 4.95. The molecule has 1 aliphatic heterocycles. The van der Waals surface area contributed by atoms with Gasteiger partial charge in [-0.15, -0.1) is 0 Å². The molecule has 1 aliphatic carbocycles. The first-order valence-electron chi connectivity index (χ1n) is 10.0. The summed E-state index contributed by atoms with van der Waals surface area (Å²) in [6.45, 7) is 4.42. The summed E-state index contributed by atoms with van der Waals surface area (Å²) in [6.07, 6.45) is 4.17. The minimum Gasteiger partial charge on any atom is -0.490 e. The minimum atomic E-state index is -3.44. The van der Waals surface area contributed by atoms with Crippen LogP contribution in [0.25, 0.3) is 0 Å². The molecule has 1 amide bonds. The number of piperazine rings is 1. The van der Waals surface area contributed by atoms with Crippen molar-refractivity contribution in [3.63, 3.8) is 0 Å². The fourth-order valence-electron chi connectivity index (χ4n) is 4.32. The molecule has 3 rings (SSSR count). The van der Waals surface area contributed by atoms with Gasteiger partial charge in [0.05, 0.1) is 11.5 Å². The second kappa shape index (κ2) is 8.87. The smallest absolute Gasteiger partial charge is 0.407 e. The monoisotopic (exact) mass is 428 g/mol. The van der Waals surface area contributed by atoms with E-state index in [1.54, 1.807) is 0 Å². The van der Waals surface area contributed by atoms with Gasteiger partial charge in [-0.1, -0.05) is 0 Å². The van der Waals surface area contributed by atoms with Crippen molar-refractivity contribution >= 4 is 15.9 Å². The third kappa shape index (κ3) is 5.39. The Bertz CT molecular complexity index is 839. The van der Waals surface area contributed by atoms with Crippen LogP contribution < -0.4 is 4.74 Å². The lowest BCUT2D eigenvalue weighted by atomic mass is 9.85. The summed E-state index contributed by atoms with van der Waals surface area (Å²) in [5.74, 6) is -0.247. The summed E-state index contributed by atoms with van der Waals surface area (Å²) in [4.78, 5) is 15.0. The summed E-state index contributed by atoms with van der Waals surface area (Å²) in [7, 11) is -3.44. The molecule has 0 spiro atoms. The topological polar surface area (TPSA) is 87.2 Å². The molecule has 1 atom stereocenters. The first-order chi connectivity index (χ1) is 13.6. The molecule has 0 radical (unpaired) electrons. The van der Waals surface area contributed by atoms with Gasteiger partial charge in [-0.3, -0.25) is 4.90 Å². The number of rotatable bonds is 5. The van der Waals surface area contributed by atoms with Crippen LogP contribution in [0.15, 0.2) is 23.1 Å². The average molecular weight is 429 g/mol. The zero-order valence-corrected chi connectivity index (χ0v) is 17.7. The van der Waals surface area contributed by atoms with Crippen LogP contribution >= 0.6 is 0 Å². The lowest BCUT2D eigenvalue weighted by Crippen LogP contribution is -2.56. The maximum atomic E-state index is 14.1. The number of sulfone groups is 1. The van der Waals surface area contributed by atoms with Crippen molar-refractivity contribution in [1.82, 2.24) is 9.80 Å². The highest BCUT2D eigenvalue weighted by Crippen LogP contribution is 2.30. The predicted octanol–water partition coefficient (Wildman–Crippen LogP) is 2.85. The number of benzene rings is 1. The molecule has 1 N–H and O–H groups in total. The fraction of sp³-hybridized carbons (Fsp3) is 0.650. The number of carboxylic acid groups (broad SMARTS) is 1. The lowest BCUT2D eigenvalue weighted by Gasteiger charge is -2.44. The number of hydrogen-bond donors (Lipinski definition) is 1. The van der Waals surface area contributed by atoms with Gasteiger partial charge in [0.15, 0.2) is 21.4 Å². The number of amides is 1. The summed E-state index contributed by atoms with van der Waals surface area (Å²) < 4.78 is 42.7. The maximum Gasteiger partial charge on any atom is 0.407 e. The van der Waals surface area contributed by atoms with E-state index in [4.69, 9.17) is 4.74 Å². The van der Waals surface area contributed by atoms with Gasteiger partial charge in [0.2, 0.25) is 0 Å². The molecule has 1 aromatic rings. The standard InChI is InChI=1S/C20H29FN2O5S/c1-14-12-22(9-10-23(14)20(24)25)16-5-3-15(4-6-16)13-28-19-8-7-17(11-18(19)21)29(2,26)27/h7-8,11,14-16H,3-6,9-10,12-13H2,1-2H3,(H,24,25). The quantitative estimate of drug-likeness (QED) is 0.776. The van der Waals surface area contributed by atoms with Gasteiger partial charge in [0, 0.05) is 38.0 Å². The third-order valence-electron chi connectivity index (χ3n) is 6.04. The molecule has 2 aliphatic rings. The molecule has 1 aromatic carbocycles. The number of carbonyl (C=O) groups is 1. The molecule has 1 saturated carbocycles. The highest BCUT2D eigenvalue weighted by atomic mass is 32.2. The second-order valence-corrected chi connectivity index (χ2v) is 10.2. The largest absolute Gasteiger partial charge is 0.490 e. The van der Waals surface area contributed by atoms with Crippen molar-refractivity contribution in [1.29, 1.82) is 0 Å². The van der Waals surface area contributed by atoms with Crippen LogP contribution in [0.5, 0.6) is 5.75 Å². The summed E-state index contributed by atoms with van der Waals surface area (Å²) >= 11 is 0. The number of halogens is 1. The van der Waals surface area contributed by atoms with Crippen molar-refractivity contribution in [3.05, 3.63) is 24.0 Å². The molecule has 9 heteroatoms. The van der Waals surface area contributed by atoms with Crippen molar-refractivity contribution in [2.45, 2.75) is 49.6 Å². The highest BCUT2D eigenvalue weighted by molar-refractivity contribution is 7.90. The Morgan fingerprint density at radius 1 is 1.24 bits per heavy atom. The predicted molar refractivity (Wildman–Crippen MR) is 107 cm³/mol. The Balaban J connectivity index is 1.47. The van der Waals surface area contributed by atoms with E-state index in [9.17, 15) is 22.7 Å². The minimum absolute atomic E-state index is 0.000175. The lowest BCUT2D eigenvalue weighted by molar-refractivity contribution is 0.0361. The van der Waals surface area contributed by atoms with Crippen LogP contribution in [0, 0.1) is 11.7 Å². The van der Waals surface area contributed by atoms with E-state index in [1.807, 2.05) is 6.92 Å². The van der Waals surface area contributed by atoms with E-state index in [0.29, 0.717) is 25.1 Å². The van der Waals surface area contributed by atoms with Gasteiger partial charge in [-0.05, 0) is 56.7 Å². The summed E-state index contributed by atoms with van der Waals surface area (Å²) in [5, 5.41) is 9.20. The zero-order valence-electron chi connectivity index (χ0n) is 16.9. The van der Waals surface area contributed by atoms with Gasteiger partial charge < -0.3 is 14.7 Å². The first kappa shape index (κ1) is 21.8. The van der Waals surface area contributed by atoms with Crippen LogP contribution in [0.2, 0.25) is 0 Å². The van der Waals surface area contributed by atoms with Crippen LogP contribution in [0.4, 0.5) is 9.18 Å². The van der Waals surface area contributed by atoms with Crippen LogP contribution in [-0.2, 0) is 9.84 Å². The van der Waals surface area contributed by atoms with Crippen LogP contribution in [-0.4, -0.2) is 74.0 Å². The Morgan fingerprint density at radius 3 is 2.48 bits per heavy atom. The van der Waals surface area contributed by atoms with Crippen molar-refractivity contribution in [2.24, 2.45) is 5.92 Å². The van der Waals surface area contributed by atoms with Gasteiger partial charge >= 0.3 is 6.09 Å². The van der Waals surface area contributed by atoms with Crippen LogP contribution in [0.3, 0.4) is 0 Å². The molecule has 1 unspecified atom stereocenters. The Hall–Kier alpha value is -1.87. The van der Waals surface area contributed by atoms with Gasteiger partial charge in [-0.2, -0.15) is 0 Å². The normalized spacial score (nSPS) is 26.3. The number of hydrogen-bond acceptors (Lipinski definition) is 5. The molecule has 0 aromatic heterocycles. The van der Waals surface area contributed by atoms with Gasteiger partial charge in [0.25, 0.3) is 0 Å². The third-order valence-corrected chi connectivity index (χ3v) is 7.15. The first-order valence-corrected chi connectivity index (χ1v) is 11.9. The zero-order chi connectivity index (χ0) is 21.2. The van der Waals surface area contributed by atoms with E-state index >= 15 is 0 Å². The summed E-state index contributed by atoms with van der Waals surface area (Å²) in [5.41, 5.74) is 0. The van der Waals surface area contributed by atoms with E-state index in [2.05, 4.69) is 4.90 Å². The molecule has 7 nitrogen and oxygen atoms in total.